The van der Waals surface area contributed by atoms with Crippen molar-refractivity contribution in [3.05, 3.63) is 35.0 Å². The monoisotopic (exact) mass is 380 g/mol. The number of aromatic nitrogens is 3. The zero-order chi connectivity index (χ0) is 18.4. The zero-order valence-electron chi connectivity index (χ0n) is 15.6. The Morgan fingerprint density at radius 2 is 2.19 bits per heavy atom. The third kappa shape index (κ3) is 3.11. The summed E-state index contributed by atoms with van der Waals surface area (Å²) in [5.74, 6) is 2.47. The van der Waals surface area contributed by atoms with E-state index in [1.165, 1.54) is 22.2 Å². The van der Waals surface area contributed by atoms with E-state index in [1.807, 2.05) is 29.7 Å². The van der Waals surface area contributed by atoms with Crippen LogP contribution in [0.2, 0.25) is 0 Å². The smallest absolute Gasteiger partial charge is 0.164 e. The molecule has 3 aromatic rings. The van der Waals surface area contributed by atoms with Crippen LogP contribution in [-0.2, 0) is 12.8 Å². The lowest BCUT2D eigenvalue weighted by Gasteiger charge is -2.32. The maximum Gasteiger partial charge on any atom is 0.164 e. The molecule has 140 valence electrons. The Kier molecular flexibility index (Phi) is 4.32. The van der Waals surface area contributed by atoms with Crippen molar-refractivity contribution < 1.29 is 5.11 Å². The Morgan fingerprint density at radius 3 is 3.00 bits per heavy atom. The van der Waals surface area contributed by atoms with Crippen molar-refractivity contribution in [1.82, 2.24) is 15.0 Å². The van der Waals surface area contributed by atoms with Crippen LogP contribution < -0.4 is 4.90 Å². The van der Waals surface area contributed by atoms with Crippen molar-refractivity contribution in [2.75, 3.05) is 18.0 Å². The average Bonchev–Trinajstić information content (AvgIpc) is 3.05. The second kappa shape index (κ2) is 6.84. The van der Waals surface area contributed by atoms with Gasteiger partial charge in [-0.15, -0.1) is 11.3 Å². The lowest BCUT2D eigenvalue weighted by molar-refractivity contribution is 0.154. The normalized spacial score (nSPS) is 22.8. The van der Waals surface area contributed by atoms with Crippen LogP contribution in [-0.4, -0.2) is 39.3 Å². The standard InChI is InChI=1S/C21H24N4OS/c1-13-6-7-16-17(10-13)27-21-18(16)20(25-9-3-5-15(26)12-25)23-19(24-21)14-4-2-8-22-11-14/h2,4,8,11,13,15,26H,3,5-7,9-10,12H2,1H3/t13-,15+/m1/s1. The van der Waals surface area contributed by atoms with Gasteiger partial charge in [0.05, 0.1) is 11.5 Å². The number of thiophene rings is 1. The van der Waals surface area contributed by atoms with E-state index in [-0.39, 0.29) is 6.10 Å². The minimum Gasteiger partial charge on any atom is -0.391 e. The van der Waals surface area contributed by atoms with E-state index in [2.05, 4.69) is 16.8 Å². The van der Waals surface area contributed by atoms with Gasteiger partial charge in [0.1, 0.15) is 10.6 Å². The van der Waals surface area contributed by atoms with E-state index in [4.69, 9.17) is 9.97 Å². The van der Waals surface area contributed by atoms with Crippen LogP contribution in [0.15, 0.2) is 24.5 Å². The Labute approximate surface area is 163 Å². The van der Waals surface area contributed by atoms with Gasteiger partial charge in [-0.1, -0.05) is 6.92 Å². The second-order valence-electron chi connectivity index (χ2n) is 7.89. The van der Waals surface area contributed by atoms with Crippen LogP contribution in [0.3, 0.4) is 0 Å². The first-order valence-corrected chi connectivity index (χ1v) is 10.7. The number of aliphatic hydroxyl groups is 1. The molecule has 5 rings (SSSR count). The SMILES string of the molecule is C[C@@H]1CCc2c(sc3nc(-c4cccnc4)nc(N4CCC[C@H](O)C4)c23)C1. The van der Waals surface area contributed by atoms with Gasteiger partial charge in [0.15, 0.2) is 5.82 Å². The Bertz CT molecular complexity index is 971. The van der Waals surface area contributed by atoms with Gasteiger partial charge >= 0.3 is 0 Å². The number of fused-ring (bicyclic) bond motifs is 3. The minimum absolute atomic E-state index is 0.278. The molecule has 2 atom stereocenters. The second-order valence-corrected chi connectivity index (χ2v) is 8.97. The Morgan fingerprint density at radius 1 is 1.26 bits per heavy atom. The van der Waals surface area contributed by atoms with Crippen molar-refractivity contribution in [3.63, 3.8) is 0 Å². The Hall–Kier alpha value is -2.05. The van der Waals surface area contributed by atoms with Gasteiger partial charge in [0, 0.05) is 35.9 Å². The zero-order valence-corrected chi connectivity index (χ0v) is 16.4. The van der Waals surface area contributed by atoms with Gasteiger partial charge in [0.25, 0.3) is 0 Å². The topological polar surface area (TPSA) is 62.1 Å². The van der Waals surface area contributed by atoms with E-state index in [0.717, 1.165) is 60.2 Å². The van der Waals surface area contributed by atoms with Crippen LogP contribution in [0, 0.1) is 5.92 Å². The third-order valence-corrected chi connectivity index (χ3v) is 6.90. The summed E-state index contributed by atoms with van der Waals surface area (Å²) in [4.78, 5) is 19.0. The highest BCUT2D eigenvalue weighted by Crippen LogP contribution is 2.42. The summed E-state index contributed by atoms with van der Waals surface area (Å²) in [7, 11) is 0. The van der Waals surface area contributed by atoms with Crippen molar-refractivity contribution >= 4 is 27.4 Å². The van der Waals surface area contributed by atoms with E-state index < -0.39 is 0 Å². The van der Waals surface area contributed by atoms with Gasteiger partial charge < -0.3 is 10.0 Å². The largest absolute Gasteiger partial charge is 0.391 e. The summed E-state index contributed by atoms with van der Waals surface area (Å²) in [6.45, 7) is 3.93. The highest BCUT2D eigenvalue weighted by atomic mass is 32.1. The molecular weight excluding hydrogens is 356 g/mol. The molecule has 0 aromatic carbocycles. The van der Waals surface area contributed by atoms with Crippen LogP contribution >= 0.6 is 11.3 Å². The van der Waals surface area contributed by atoms with Gasteiger partial charge in [-0.05, 0) is 55.7 Å². The Balaban J connectivity index is 1.71. The van der Waals surface area contributed by atoms with Crippen LogP contribution in [0.25, 0.3) is 21.6 Å². The van der Waals surface area contributed by atoms with E-state index >= 15 is 0 Å². The molecule has 0 radical (unpaired) electrons. The average molecular weight is 381 g/mol. The lowest BCUT2D eigenvalue weighted by Crippen LogP contribution is -2.39. The maximum absolute atomic E-state index is 10.2. The molecule has 27 heavy (non-hydrogen) atoms. The van der Waals surface area contributed by atoms with Crippen molar-refractivity contribution in [2.24, 2.45) is 5.92 Å². The van der Waals surface area contributed by atoms with Gasteiger partial charge in [-0.3, -0.25) is 4.98 Å². The summed E-state index contributed by atoms with van der Waals surface area (Å²) >= 11 is 1.83. The number of β-amino-alcohol motifs (C(OH)–C–C–N with tert-alkyl or cyclic N) is 1. The number of anilines is 1. The molecule has 0 amide bonds. The number of hydrogen-bond donors (Lipinski definition) is 1. The molecule has 3 aromatic heterocycles. The molecule has 1 N–H and O–H groups in total. The highest BCUT2D eigenvalue weighted by Gasteiger charge is 2.28. The molecule has 2 aliphatic rings. The number of aliphatic hydroxyl groups excluding tert-OH is 1. The number of rotatable bonds is 2. The summed E-state index contributed by atoms with van der Waals surface area (Å²) in [6, 6.07) is 3.94. The number of hydrogen-bond acceptors (Lipinski definition) is 6. The molecule has 4 heterocycles. The number of pyridine rings is 1. The molecule has 5 nitrogen and oxygen atoms in total. The molecule has 1 saturated heterocycles. The molecular formula is C21H24N4OS. The quantitative estimate of drug-likeness (QED) is 0.732. The summed E-state index contributed by atoms with van der Waals surface area (Å²) < 4.78 is 0. The van der Waals surface area contributed by atoms with Crippen LogP contribution in [0.4, 0.5) is 5.82 Å². The maximum atomic E-state index is 10.2. The molecule has 0 bridgehead atoms. The molecule has 1 aliphatic carbocycles. The van der Waals surface area contributed by atoms with Gasteiger partial charge in [0.2, 0.25) is 0 Å². The summed E-state index contributed by atoms with van der Waals surface area (Å²) in [5, 5.41) is 11.5. The molecule has 0 spiro atoms. The molecule has 0 saturated carbocycles. The number of piperidine rings is 1. The summed E-state index contributed by atoms with van der Waals surface area (Å²) in [6.07, 6.45) is 8.67. The first-order chi connectivity index (χ1) is 13.2. The predicted molar refractivity (Wildman–Crippen MR) is 109 cm³/mol. The third-order valence-electron chi connectivity index (χ3n) is 5.75. The lowest BCUT2D eigenvalue weighted by atomic mass is 9.89. The first-order valence-electron chi connectivity index (χ1n) is 9.84. The van der Waals surface area contributed by atoms with Crippen molar-refractivity contribution in [1.29, 1.82) is 0 Å². The predicted octanol–water partition coefficient (Wildman–Crippen LogP) is 3.84. The van der Waals surface area contributed by atoms with E-state index in [9.17, 15) is 5.11 Å². The fourth-order valence-corrected chi connectivity index (χ4v) is 5.70. The van der Waals surface area contributed by atoms with E-state index in [0.29, 0.717) is 6.54 Å². The van der Waals surface area contributed by atoms with Crippen molar-refractivity contribution in [2.45, 2.75) is 45.1 Å². The van der Waals surface area contributed by atoms with Gasteiger partial charge in [-0.25, -0.2) is 9.97 Å². The summed E-state index contributed by atoms with van der Waals surface area (Å²) in [5.41, 5.74) is 2.39. The molecule has 1 aliphatic heterocycles. The minimum atomic E-state index is -0.278. The molecule has 0 unspecified atom stereocenters. The van der Waals surface area contributed by atoms with Gasteiger partial charge in [-0.2, -0.15) is 0 Å². The fraction of sp³-hybridized carbons (Fsp3) is 0.476. The highest BCUT2D eigenvalue weighted by molar-refractivity contribution is 7.19. The van der Waals surface area contributed by atoms with Crippen LogP contribution in [0.5, 0.6) is 0 Å². The number of nitrogens with zero attached hydrogens (tertiary/aromatic N) is 4. The molecule has 1 fully saturated rings. The molecule has 6 heteroatoms. The fourth-order valence-electron chi connectivity index (χ4n) is 4.32. The van der Waals surface area contributed by atoms with Crippen molar-refractivity contribution in [3.8, 4) is 11.4 Å². The van der Waals surface area contributed by atoms with Crippen LogP contribution in [0.1, 0.15) is 36.6 Å². The van der Waals surface area contributed by atoms with E-state index in [1.54, 1.807) is 6.20 Å². The first kappa shape index (κ1) is 17.1. The number of aryl methyl sites for hydroxylation is 1.